The van der Waals surface area contributed by atoms with Gasteiger partial charge in [-0.1, -0.05) is 0 Å². The number of aliphatic hydroxyl groups is 1. The number of nitrogens with one attached hydrogen (secondary N) is 2. The van der Waals surface area contributed by atoms with E-state index in [-0.39, 0.29) is 6.54 Å². The highest BCUT2D eigenvalue weighted by Gasteiger charge is 2.44. The quantitative estimate of drug-likeness (QED) is 0.294. The third-order valence-corrected chi connectivity index (χ3v) is 6.33. The molecule has 0 unspecified atom stereocenters. The number of halogens is 2. The van der Waals surface area contributed by atoms with E-state index in [1.54, 1.807) is 22.7 Å². The van der Waals surface area contributed by atoms with Crippen LogP contribution in [0.25, 0.3) is 9.75 Å². The molecule has 4 N–H and O–H groups in total. The summed E-state index contributed by atoms with van der Waals surface area (Å²) in [6, 6.07) is 6.64. The second kappa shape index (κ2) is 9.01. The second-order valence-corrected chi connectivity index (χ2v) is 8.63. The molecule has 9 heteroatoms. The van der Waals surface area contributed by atoms with Crippen LogP contribution in [-0.2, 0) is 11.2 Å². The maximum atomic E-state index is 13.0. The zero-order valence-corrected chi connectivity index (χ0v) is 16.1. The van der Waals surface area contributed by atoms with Crippen LogP contribution in [0, 0.1) is 6.92 Å². The van der Waals surface area contributed by atoms with E-state index in [0.29, 0.717) is 12.8 Å². The van der Waals surface area contributed by atoms with Crippen molar-refractivity contribution >= 4 is 28.6 Å². The molecule has 0 saturated carbocycles. The zero-order chi connectivity index (χ0) is 19.3. The lowest BCUT2D eigenvalue weighted by atomic mass is 9.96. The van der Waals surface area contributed by atoms with Crippen molar-refractivity contribution in [3.63, 3.8) is 0 Å². The lowest BCUT2D eigenvalue weighted by Crippen LogP contribution is -2.60. The molecule has 0 saturated heterocycles. The molecule has 2 atom stereocenters. The van der Waals surface area contributed by atoms with Gasteiger partial charge in [-0.3, -0.25) is 10.0 Å². The van der Waals surface area contributed by atoms with Gasteiger partial charge in [-0.05, 0) is 57.5 Å². The van der Waals surface area contributed by atoms with E-state index in [1.165, 1.54) is 20.1 Å². The molecule has 0 aromatic carbocycles. The summed E-state index contributed by atoms with van der Waals surface area (Å²) in [7, 11) is 0. The fourth-order valence-electron chi connectivity index (χ4n) is 2.48. The smallest absolute Gasteiger partial charge is 0.268 e. The largest absolute Gasteiger partial charge is 0.382 e. The summed E-state index contributed by atoms with van der Waals surface area (Å²) in [5.41, 5.74) is -1.27. The van der Waals surface area contributed by atoms with Crippen molar-refractivity contribution in [2.75, 3.05) is 6.54 Å². The van der Waals surface area contributed by atoms with Gasteiger partial charge in [-0.15, -0.1) is 22.7 Å². The minimum atomic E-state index is -3.13. The van der Waals surface area contributed by atoms with E-state index >= 15 is 0 Å². The molecule has 0 aliphatic carbocycles. The molecule has 2 aromatic heterocycles. The van der Waals surface area contributed by atoms with Gasteiger partial charge in [0.05, 0.1) is 0 Å². The molecular formula is C17H22F2N2O3S2. The topological polar surface area (TPSA) is 81.6 Å². The summed E-state index contributed by atoms with van der Waals surface area (Å²) in [6.45, 7) is 3.16. The van der Waals surface area contributed by atoms with E-state index in [4.69, 9.17) is 5.21 Å². The number of amides is 1. The molecule has 1 amide bonds. The van der Waals surface area contributed by atoms with Crippen molar-refractivity contribution in [3.05, 3.63) is 34.0 Å². The van der Waals surface area contributed by atoms with Gasteiger partial charge >= 0.3 is 0 Å². The zero-order valence-electron chi connectivity index (χ0n) is 14.5. The first-order valence-electron chi connectivity index (χ1n) is 8.09. The molecule has 2 aromatic rings. The third kappa shape index (κ3) is 5.08. The molecule has 2 heterocycles. The highest BCUT2D eigenvalue weighted by Crippen LogP contribution is 2.33. The first-order valence-corrected chi connectivity index (χ1v) is 9.72. The molecule has 26 heavy (non-hydrogen) atoms. The lowest BCUT2D eigenvalue weighted by Gasteiger charge is -2.31. The molecule has 5 nitrogen and oxygen atoms in total. The Morgan fingerprint density at radius 2 is 1.88 bits per heavy atom. The van der Waals surface area contributed by atoms with Crippen LogP contribution in [-0.4, -0.2) is 40.8 Å². The van der Waals surface area contributed by atoms with Gasteiger partial charge in [0.15, 0.2) is 0 Å². The Kier molecular flexibility index (Phi) is 7.24. The lowest BCUT2D eigenvalue weighted by molar-refractivity contribution is -0.150. The average molecular weight is 405 g/mol. The van der Waals surface area contributed by atoms with Crippen LogP contribution in [0.2, 0.25) is 0 Å². The number of carbonyl (C=O) groups excluding carboxylic acids is 1. The van der Waals surface area contributed by atoms with Crippen LogP contribution >= 0.6 is 22.7 Å². The molecular weight excluding hydrogens is 382 g/mol. The highest BCUT2D eigenvalue weighted by molar-refractivity contribution is 7.22. The number of hydrogen-bond donors (Lipinski definition) is 4. The number of carbonyl (C=O) groups is 1. The fourth-order valence-corrected chi connectivity index (χ4v) is 4.48. The van der Waals surface area contributed by atoms with Crippen molar-refractivity contribution < 1.29 is 23.9 Å². The minimum Gasteiger partial charge on any atom is -0.382 e. The van der Waals surface area contributed by atoms with E-state index < -0.39 is 24.0 Å². The predicted molar refractivity (Wildman–Crippen MR) is 99.0 cm³/mol. The Morgan fingerprint density at radius 3 is 2.46 bits per heavy atom. The molecule has 2 rings (SSSR count). The number of hydrogen-bond acceptors (Lipinski definition) is 6. The van der Waals surface area contributed by atoms with Crippen molar-refractivity contribution in [2.45, 2.75) is 44.8 Å². The monoisotopic (exact) mass is 404 g/mol. The van der Waals surface area contributed by atoms with Gasteiger partial charge < -0.3 is 10.4 Å². The van der Waals surface area contributed by atoms with Crippen molar-refractivity contribution in [3.8, 4) is 9.75 Å². The van der Waals surface area contributed by atoms with Crippen LogP contribution in [0.1, 0.15) is 23.1 Å². The summed E-state index contributed by atoms with van der Waals surface area (Å²) in [5, 5.41) is 21.1. The Hall–Kier alpha value is -1.39. The summed E-state index contributed by atoms with van der Waals surface area (Å²) in [4.78, 5) is 16.4. The summed E-state index contributed by atoms with van der Waals surface area (Å²) in [5.74, 6) is -1.10. The normalized spacial score (nSPS) is 15.0. The number of alkyl halides is 2. The van der Waals surface area contributed by atoms with Gasteiger partial charge in [0.25, 0.3) is 12.3 Å². The number of hydroxylamine groups is 1. The van der Waals surface area contributed by atoms with Gasteiger partial charge in [0.1, 0.15) is 11.6 Å². The van der Waals surface area contributed by atoms with Gasteiger partial charge in [0.2, 0.25) is 0 Å². The van der Waals surface area contributed by atoms with Crippen molar-refractivity contribution in [1.82, 2.24) is 10.8 Å². The Morgan fingerprint density at radius 1 is 1.23 bits per heavy atom. The highest BCUT2D eigenvalue weighted by atomic mass is 32.1. The number of aryl methyl sites for hydroxylation is 2. The first-order chi connectivity index (χ1) is 12.3. The number of thiophene rings is 2. The summed E-state index contributed by atoms with van der Waals surface area (Å²) >= 11 is 3.40. The van der Waals surface area contributed by atoms with Crippen LogP contribution in [0.5, 0.6) is 0 Å². The van der Waals surface area contributed by atoms with E-state index in [2.05, 4.69) is 30.4 Å². The molecule has 0 fully saturated rings. The SMILES string of the molecule is Cc1ccc(-c2ccc(CCCN[C@H](C(=O)NO)[C@](C)(O)C(F)F)s2)s1. The number of rotatable bonds is 9. The maximum absolute atomic E-state index is 13.0. The Labute approximate surface area is 158 Å². The minimum absolute atomic E-state index is 0.242. The van der Waals surface area contributed by atoms with E-state index in [1.807, 2.05) is 6.07 Å². The molecule has 0 radical (unpaired) electrons. The molecule has 0 aliphatic rings. The van der Waals surface area contributed by atoms with Gasteiger partial charge in [-0.2, -0.15) is 0 Å². The fraction of sp³-hybridized carbons (Fsp3) is 0.471. The van der Waals surface area contributed by atoms with Crippen LogP contribution < -0.4 is 10.8 Å². The maximum Gasteiger partial charge on any atom is 0.268 e. The van der Waals surface area contributed by atoms with Gasteiger partial charge in [0, 0.05) is 19.5 Å². The van der Waals surface area contributed by atoms with Crippen LogP contribution in [0.3, 0.4) is 0 Å². The Bertz CT molecular complexity index is 731. The van der Waals surface area contributed by atoms with Crippen molar-refractivity contribution in [1.29, 1.82) is 0 Å². The first kappa shape index (κ1) is 20.9. The van der Waals surface area contributed by atoms with Crippen LogP contribution in [0.15, 0.2) is 24.3 Å². The molecule has 0 bridgehead atoms. The average Bonchev–Trinajstić information content (AvgIpc) is 3.22. The standard InChI is InChI=1S/C17H22F2N2O3S2/c1-10-5-7-12(25-10)13-8-6-11(26-13)4-3-9-20-14(15(22)21-24)17(2,23)16(18)19/h5-8,14,16,20,23-24H,3-4,9H2,1-2H3,(H,21,22)/t14-,17+/m1/s1. The third-order valence-electron chi connectivity index (χ3n) is 3.99. The van der Waals surface area contributed by atoms with Crippen LogP contribution in [0.4, 0.5) is 8.78 Å². The summed E-state index contributed by atoms with van der Waals surface area (Å²) in [6.07, 6.45) is -1.82. The Balaban J connectivity index is 1.88. The van der Waals surface area contributed by atoms with Gasteiger partial charge in [-0.25, -0.2) is 14.3 Å². The van der Waals surface area contributed by atoms with E-state index in [9.17, 15) is 18.7 Å². The predicted octanol–water partition coefficient (Wildman–Crippen LogP) is 3.20. The molecule has 144 valence electrons. The second-order valence-electron chi connectivity index (χ2n) is 6.17. The molecule has 0 aliphatic heterocycles. The van der Waals surface area contributed by atoms with E-state index in [0.717, 1.165) is 11.8 Å². The molecule has 0 spiro atoms. The summed E-state index contributed by atoms with van der Waals surface area (Å²) < 4.78 is 25.9. The van der Waals surface area contributed by atoms with Crippen molar-refractivity contribution in [2.24, 2.45) is 0 Å².